The molecule has 0 saturated heterocycles. The van der Waals surface area contributed by atoms with Crippen molar-refractivity contribution in [2.24, 2.45) is 0 Å². The Kier molecular flexibility index (Phi) is 5.54. The molecule has 0 radical (unpaired) electrons. The van der Waals surface area contributed by atoms with Crippen LogP contribution in [0, 0.1) is 2.88 Å². The lowest BCUT2D eigenvalue weighted by Gasteiger charge is -2.06. The molecule has 0 atom stereocenters. The van der Waals surface area contributed by atoms with E-state index in [4.69, 9.17) is 0 Å². The molecule has 20 heavy (non-hydrogen) atoms. The summed E-state index contributed by atoms with van der Waals surface area (Å²) in [6.45, 7) is 0.448. The van der Waals surface area contributed by atoms with Crippen molar-refractivity contribution in [2.75, 3.05) is 6.54 Å². The summed E-state index contributed by atoms with van der Waals surface area (Å²) in [7, 11) is 0. The van der Waals surface area contributed by atoms with Gasteiger partial charge in [-0.2, -0.15) is 0 Å². The average Bonchev–Trinajstić information content (AvgIpc) is 2.90. The summed E-state index contributed by atoms with van der Waals surface area (Å²) < 4.78 is 1.04. The van der Waals surface area contributed by atoms with Gasteiger partial charge in [0, 0.05) is 11.9 Å². The fourth-order valence-corrected chi connectivity index (χ4v) is 2.88. The lowest BCUT2D eigenvalue weighted by Crippen LogP contribution is -2.36. The van der Waals surface area contributed by atoms with E-state index in [1.165, 1.54) is 11.3 Å². The van der Waals surface area contributed by atoms with Gasteiger partial charge in [-0.05, 0) is 34.2 Å². The second-order valence-electron chi connectivity index (χ2n) is 4.08. The lowest BCUT2D eigenvalue weighted by atomic mass is 10.2. The largest absolute Gasteiger partial charge is 0.350 e. The van der Waals surface area contributed by atoms with Crippen molar-refractivity contribution < 1.29 is 9.59 Å². The van der Waals surface area contributed by atoms with Crippen molar-refractivity contribution >= 4 is 45.7 Å². The number of hydrogen-bond acceptors (Lipinski definition) is 3. The molecule has 0 saturated carbocycles. The zero-order valence-electron chi connectivity index (χ0n) is 10.6. The first-order valence-electron chi connectivity index (χ1n) is 5.98. The number of nitrogens with one attached hydrogen (secondary N) is 2. The first kappa shape index (κ1) is 15.0. The van der Waals surface area contributed by atoms with Gasteiger partial charge in [0.25, 0.3) is 5.91 Å². The minimum atomic E-state index is -0.223. The van der Waals surface area contributed by atoms with Gasteiger partial charge in [0.2, 0.25) is 5.91 Å². The number of thiophene rings is 1. The number of hydrogen-bond donors (Lipinski definition) is 2. The summed E-state index contributed by atoms with van der Waals surface area (Å²) in [5.41, 5.74) is 1.62. The summed E-state index contributed by atoms with van der Waals surface area (Å²) in [5.74, 6) is -0.425. The Hall–Kier alpha value is -1.41. The maximum absolute atomic E-state index is 11.7. The van der Waals surface area contributed by atoms with Crippen molar-refractivity contribution in [3.63, 3.8) is 0 Å². The summed E-state index contributed by atoms with van der Waals surface area (Å²) in [4.78, 5) is 23.4. The van der Waals surface area contributed by atoms with Gasteiger partial charge in [-0.1, -0.05) is 30.3 Å². The third-order valence-electron chi connectivity index (χ3n) is 2.57. The van der Waals surface area contributed by atoms with Gasteiger partial charge in [0.15, 0.2) is 0 Å². The third-order valence-corrected chi connectivity index (χ3v) is 4.36. The molecule has 2 amide bonds. The van der Waals surface area contributed by atoms with Gasteiger partial charge >= 0.3 is 0 Å². The fraction of sp³-hybridized carbons (Fsp3) is 0.143. The molecule has 2 rings (SSSR count). The molecule has 2 N–H and O–H groups in total. The van der Waals surface area contributed by atoms with Gasteiger partial charge in [0.1, 0.15) is 0 Å². The van der Waals surface area contributed by atoms with Crippen LogP contribution in [-0.4, -0.2) is 18.4 Å². The predicted molar refractivity (Wildman–Crippen MR) is 87.7 cm³/mol. The van der Waals surface area contributed by atoms with Crippen LogP contribution >= 0.6 is 33.9 Å². The number of carbonyl (C=O) groups is 2. The first-order valence-corrected chi connectivity index (χ1v) is 7.94. The van der Waals surface area contributed by atoms with E-state index in [1.807, 2.05) is 30.3 Å². The normalized spacial score (nSPS) is 10.1. The number of rotatable bonds is 5. The van der Waals surface area contributed by atoms with Crippen LogP contribution in [0.1, 0.15) is 15.9 Å². The zero-order chi connectivity index (χ0) is 14.4. The van der Waals surface area contributed by atoms with Crippen molar-refractivity contribution in [3.05, 3.63) is 55.8 Å². The quantitative estimate of drug-likeness (QED) is 0.758. The first-order chi connectivity index (χ1) is 9.65. The molecule has 0 fully saturated rings. The van der Waals surface area contributed by atoms with Crippen molar-refractivity contribution in [1.82, 2.24) is 10.6 Å². The van der Waals surface area contributed by atoms with E-state index in [1.54, 1.807) is 11.4 Å². The van der Waals surface area contributed by atoms with E-state index in [9.17, 15) is 9.59 Å². The summed E-state index contributed by atoms with van der Waals surface area (Å²) in [5, 5.41) is 7.14. The Morgan fingerprint density at radius 3 is 2.55 bits per heavy atom. The van der Waals surface area contributed by atoms with E-state index >= 15 is 0 Å². The molecule has 0 spiro atoms. The Labute approximate surface area is 134 Å². The highest BCUT2D eigenvalue weighted by molar-refractivity contribution is 14.1. The predicted octanol–water partition coefficient (Wildman–Crippen LogP) is 2.40. The molecule has 0 bridgehead atoms. The van der Waals surface area contributed by atoms with Crippen molar-refractivity contribution in [2.45, 2.75) is 6.54 Å². The molecule has 0 unspecified atom stereocenters. The molecule has 1 aromatic carbocycles. The van der Waals surface area contributed by atoms with E-state index < -0.39 is 0 Å². The maximum Gasteiger partial charge on any atom is 0.252 e. The molecule has 104 valence electrons. The van der Waals surface area contributed by atoms with Gasteiger partial charge in [0.05, 0.1) is 15.0 Å². The third kappa shape index (κ3) is 4.61. The summed E-state index contributed by atoms with van der Waals surface area (Å²) in [6, 6.07) is 11.4. The SMILES string of the molecule is O=C(CNC(=O)c1csc(I)c1)NCc1ccccc1. The second-order valence-corrected chi connectivity index (χ2v) is 6.89. The number of benzene rings is 1. The monoisotopic (exact) mass is 400 g/mol. The molecular weight excluding hydrogens is 387 g/mol. The molecule has 0 aliphatic heterocycles. The Morgan fingerprint density at radius 2 is 1.90 bits per heavy atom. The van der Waals surface area contributed by atoms with E-state index in [0.717, 1.165) is 8.45 Å². The minimum absolute atomic E-state index is 0.0158. The topological polar surface area (TPSA) is 58.2 Å². The molecule has 0 aliphatic carbocycles. The van der Waals surface area contributed by atoms with E-state index in [-0.39, 0.29) is 18.4 Å². The fourth-order valence-electron chi connectivity index (χ4n) is 1.55. The second kappa shape index (κ2) is 7.39. The summed E-state index contributed by atoms with van der Waals surface area (Å²) >= 11 is 3.65. The van der Waals surface area contributed by atoms with Gasteiger partial charge in [-0.25, -0.2) is 0 Å². The smallest absolute Gasteiger partial charge is 0.252 e. The zero-order valence-corrected chi connectivity index (χ0v) is 13.5. The van der Waals surface area contributed by atoms with Gasteiger partial charge < -0.3 is 10.6 Å². The molecule has 0 aliphatic rings. The van der Waals surface area contributed by atoms with Gasteiger partial charge in [-0.3, -0.25) is 9.59 Å². The molecule has 6 heteroatoms. The van der Waals surface area contributed by atoms with Crippen LogP contribution in [0.5, 0.6) is 0 Å². The van der Waals surface area contributed by atoms with Crippen LogP contribution in [0.15, 0.2) is 41.8 Å². The number of halogens is 1. The van der Waals surface area contributed by atoms with E-state index in [0.29, 0.717) is 12.1 Å². The van der Waals surface area contributed by atoms with Crippen LogP contribution in [0.3, 0.4) is 0 Å². The number of carbonyl (C=O) groups excluding carboxylic acids is 2. The van der Waals surface area contributed by atoms with Gasteiger partial charge in [-0.15, -0.1) is 11.3 Å². The molecule has 2 aromatic rings. The average molecular weight is 400 g/mol. The summed E-state index contributed by atoms with van der Waals surface area (Å²) in [6.07, 6.45) is 0. The number of amides is 2. The Morgan fingerprint density at radius 1 is 1.15 bits per heavy atom. The van der Waals surface area contributed by atoms with Crippen LogP contribution in [0.4, 0.5) is 0 Å². The maximum atomic E-state index is 11.7. The Bertz CT molecular complexity index is 598. The molecule has 4 nitrogen and oxygen atoms in total. The van der Waals surface area contributed by atoms with Crippen molar-refractivity contribution in [1.29, 1.82) is 0 Å². The van der Waals surface area contributed by atoms with Crippen LogP contribution in [0.25, 0.3) is 0 Å². The van der Waals surface area contributed by atoms with Crippen LogP contribution < -0.4 is 10.6 Å². The van der Waals surface area contributed by atoms with Crippen molar-refractivity contribution in [3.8, 4) is 0 Å². The Balaban J connectivity index is 1.74. The standard InChI is InChI=1S/C14H13IN2O2S/c15-12-6-11(9-20-12)14(19)17-8-13(18)16-7-10-4-2-1-3-5-10/h1-6,9H,7-8H2,(H,16,18)(H,17,19). The van der Waals surface area contributed by atoms with Crippen LogP contribution in [-0.2, 0) is 11.3 Å². The molecular formula is C14H13IN2O2S. The van der Waals surface area contributed by atoms with Crippen LogP contribution in [0.2, 0.25) is 0 Å². The highest BCUT2D eigenvalue weighted by Crippen LogP contribution is 2.16. The molecule has 1 heterocycles. The highest BCUT2D eigenvalue weighted by Gasteiger charge is 2.09. The minimum Gasteiger partial charge on any atom is -0.350 e. The molecule has 1 aromatic heterocycles. The lowest BCUT2D eigenvalue weighted by molar-refractivity contribution is -0.120. The van der Waals surface area contributed by atoms with E-state index in [2.05, 4.69) is 33.2 Å². The highest BCUT2D eigenvalue weighted by atomic mass is 127.